The standard InChI is InChI=1S/C21H18O3/c1-22-14-6-4-13(5-7-14)10-15-16-11-18-19(12-17(15)16)21(24-3)9-8-20(18)23-2/h4-12H,1-3H3. The zero-order valence-corrected chi connectivity index (χ0v) is 13.9. The fraction of sp³-hybridized carbons (Fsp3) is 0.143. The highest BCUT2D eigenvalue weighted by Gasteiger charge is 2.27. The first-order valence-electron chi connectivity index (χ1n) is 7.80. The Morgan fingerprint density at radius 3 is 1.67 bits per heavy atom. The Morgan fingerprint density at radius 1 is 0.667 bits per heavy atom. The molecule has 0 unspecified atom stereocenters. The summed E-state index contributed by atoms with van der Waals surface area (Å²) in [5, 5.41) is 2.16. The van der Waals surface area contributed by atoms with Crippen LogP contribution >= 0.6 is 0 Å². The maximum Gasteiger partial charge on any atom is 0.126 e. The molecule has 3 heteroatoms. The van der Waals surface area contributed by atoms with E-state index in [0.717, 1.165) is 33.6 Å². The third kappa shape index (κ3) is 2.29. The van der Waals surface area contributed by atoms with Gasteiger partial charge >= 0.3 is 0 Å². The maximum atomic E-state index is 5.50. The summed E-state index contributed by atoms with van der Waals surface area (Å²) in [7, 11) is 5.07. The smallest absolute Gasteiger partial charge is 0.126 e. The third-order valence-electron chi connectivity index (χ3n) is 4.46. The predicted octanol–water partition coefficient (Wildman–Crippen LogP) is 4.77. The van der Waals surface area contributed by atoms with Crippen molar-refractivity contribution in [1.29, 1.82) is 0 Å². The zero-order chi connectivity index (χ0) is 16.7. The molecule has 24 heavy (non-hydrogen) atoms. The van der Waals surface area contributed by atoms with Crippen LogP contribution in [-0.4, -0.2) is 21.3 Å². The summed E-state index contributed by atoms with van der Waals surface area (Å²) >= 11 is 0. The van der Waals surface area contributed by atoms with Gasteiger partial charge in [-0.1, -0.05) is 12.1 Å². The monoisotopic (exact) mass is 318 g/mol. The maximum absolute atomic E-state index is 5.50. The molecule has 3 aromatic carbocycles. The topological polar surface area (TPSA) is 27.7 Å². The van der Waals surface area contributed by atoms with E-state index in [1.807, 2.05) is 24.3 Å². The number of hydrogen-bond donors (Lipinski definition) is 0. The molecule has 1 aliphatic carbocycles. The van der Waals surface area contributed by atoms with Crippen LogP contribution in [0.3, 0.4) is 0 Å². The third-order valence-corrected chi connectivity index (χ3v) is 4.46. The SMILES string of the molecule is COc1ccc(C=C2c3cc4c(OC)ccc(OC)c4cc32)cc1. The van der Waals surface area contributed by atoms with Gasteiger partial charge in [-0.05, 0) is 64.7 Å². The molecule has 0 spiro atoms. The molecule has 0 bridgehead atoms. The van der Waals surface area contributed by atoms with E-state index >= 15 is 0 Å². The van der Waals surface area contributed by atoms with Crippen LogP contribution < -0.4 is 14.2 Å². The van der Waals surface area contributed by atoms with Crippen molar-refractivity contribution in [2.45, 2.75) is 0 Å². The van der Waals surface area contributed by atoms with Crippen LogP contribution in [0, 0.1) is 0 Å². The van der Waals surface area contributed by atoms with E-state index in [9.17, 15) is 0 Å². The second kappa shape index (κ2) is 5.60. The fourth-order valence-electron chi connectivity index (χ4n) is 3.11. The van der Waals surface area contributed by atoms with Crippen molar-refractivity contribution < 1.29 is 14.2 Å². The number of hydrogen-bond acceptors (Lipinski definition) is 3. The van der Waals surface area contributed by atoms with Gasteiger partial charge in [0.1, 0.15) is 17.2 Å². The van der Waals surface area contributed by atoms with Crippen LogP contribution in [0.2, 0.25) is 0 Å². The Balaban J connectivity index is 1.78. The van der Waals surface area contributed by atoms with Crippen LogP contribution in [0.15, 0.2) is 48.5 Å². The van der Waals surface area contributed by atoms with Crippen molar-refractivity contribution in [1.82, 2.24) is 0 Å². The zero-order valence-electron chi connectivity index (χ0n) is 13.9. The number of ether oxygens (including phenoxy) is 3. The lowest BCUT2D eigenvalue weighted by Crippen LogP contribution is -1.88. The quantitative estimate of drug-likeness (QED) is 0.542. The lowest BCUT2D eigenvalue weighted by molar-refractivity contribution is 0.410. The van der Waals surface area contributed by atoms with E-state index in [0.29, 0.717) is 0 Å². The molecule has 0 N–H and O–H groups in total. The first kappa shape index (κ1) is 14.6. The first-order chi connectivity index (χ1) is 11.7. The summed E-state index contributed by atoms with van der Waals surface area (Å²) in [6.07, 6.45) is 2.20. The number of fused-ring (bicyclic) bond motifs is 2. The Bertz CT molecular complexity index is 900. The van der Waals surface area contributed by atoms with E-state index in [2.05, 4.69) is 30.3 Å². The molecule has 4 rings (SSSR count). The number of rotatable bonds is 4. The molecule has 0 fully saturated rings. The largest absolute Gasteiger partial charge is 0.497 e. The summed E-state index contributed by atoms with van der Waals surface area (Å²) in [5.41, 5.74) is 4.96. The van der Waals surface area contributed by atoms with Crippen molar-refractivity contribution in [3.05, 3.63) is 65.2 Å². The van der Waals surface area contributed by atoms with Gasteiger partial charge in [0.2, 0.25) is 0 Å². The molecule has 1 aliphatic rings. The molecule has 0 heterocycles. The van der Waals surface area contributed by atoms with E-state index in [4.69, 9.17) is 14.2 Å². The van der Waals surface area contributed by atoms with Crippen molar-refractivity contribution >= 4 is 22.4 Å². The normalized spacial score (nSPS) is 11.9. The average molecular weight is 318 g/mol. The predicted molar refractivity (Wildman–Crippen MR) is 97.0 cm³/mol. The molecular formula is C21H18O3. The number of methoxy groups -OCH3 is 3. The van der Waals surface area contributed by atoms with Crippen LogP contribution in [0.4, 0.5) is 0 Å². The van der Waals surface area contributed by atoms with Gasteiger partial charge in [0.15, 0.2) is 0 Å². The molecule has 0 aromatic heterocycles. The lowest BCUT2D eigenvalue weighted by atomic mass is 10.1. The van der Waals surface area contributed by atoms with Crippen LogP contribution in [0.5, 0.6) is 17.2 Å². The molecule has 3 nitrogen and oxygen atoms in total. The van der Waals surface area contributed by atoms with Crippen LogP contribution in [0.25, 0.3) is 22.4 Å². The fourth-order valence-corrected chi connectivity index (χ4v) is 3.11. The minimum atomic E-state index is 0.865. The summed E-state index contributed by atoms with van der Waals surface area (Å²) in [6.45, 7) is 0. The van der Waals surface area contributed by atoms with Gasteiger partial charge in [-0.15, -0.1) is 0 Å². The van der Waals surface area contributed by atoms with Crippen molar-refractivity contribution in [3.8, 4) is 17.2 Å². The molecule has 0 saturated heterocycles. The van der Waals surface area contributed by atoms with Gasteiger partial charge in [-0.3, -0.25) is 0 Å². The van der Waals surface area contributed by atoms with Crippen LogP contribution in [0.1, 0.15) is 16.7 Å². The molecule has 0 amide bonds. The molecule has 0 radical (unpaired) electrons. The summed E-state index contributed by atoms with van der Waals surface area (Å²) < 4.78 is 16.2. The lowest BCUT2D eigenvalue weighted by Gasteiger charge is -2.08. The second-order valence-corrected chi connectivity index (χ2v) is 5.74. The van der Waals surface area contributed by atoms with Gasteiger partial charge in [0, 0.05) is 10.8 Å². The molecular weight excluding hydrogens is 300 g/mol. The Morgan fingerprint density at radius 2 is 1.21 bits per heavy atom. The summed E-state index contributed by atoms with van der Waals surface area (Å²) in [6, 6.07) is 16.3. The summed E-state index contributed by atoms with van der Waals surface area (Å²) in [5.74, 6) is 2.60. The van der Waals surface area contributed by atoms with E-state index < -0.39 is 0 Å². The van der Waals surface area contributed by atoms with Gasteiger partial charge in [-0.25, -0.2) is 0 Å². The average Bonchev–Trinajstić information content (AvgIpc) is 3.31. The first-order valence-corrected chi connectivity index (χ1v) is 7.80. The van der Waals surface area contributed by atoms with Gasteiger partial charge < -0.3 is 14.2 Å². The highest BCUT2D eigenvalue weighted by molar-refractivity contribution is 6.13. The minimum Gasteiger partial charge on any atom is -0.497 e. The molecule has 0 aliphatic heterocycles. The highest BCUT2D eigenvalue weighted by Crippen LogP contribution is 2.48. The molecule has 0 saturated carbocycles. The number of benzene rings is 3. The Hall–Kier alpha value is -2.94. The van der Waals surface area contributed by atoms with E-state index in [1.165, 1.54) is 16.7 Å². The Labute approximate surface area is 141 Å². The van der Waals surface area contributed by atoms with E-state index in [-0.39, 0.29) is 0 Å². The van der Waals surface area contributed by atoms with Gasteiger partial charge in [0.25, 0.3) is 0 Å². The van der Waals surface area contributed by atoms with E-state index in [1.54, 1.807) is 21.3 Å². The van der Waals surface area contributed by atoms with Crippen molar-refractivity contribution in [2.75, 3.05) is 21.3 Å². The van der Waals surface area contributed by atoms with Crippen molar-refractivity contribution in [3.63, 3.8) is 0 Å². The minimum absolute atomic E-state index is 0.865. The molecule has 3 aromatic rings. The molecule has 120 valence electrons. The summed E-state index contributed by atoms with van der Waals surface area (Å²) in [4.78, 5) is 0. The Kier molecular flexibility index (Phi) is 3.42. The van der Waals surface area contributed by atoms with Gasteiger partial charge in [0.05, 0.1) is 21.3 Å². The van der Waals surface area contributed by atoms with Gasteiger partial charge in [-0.2, -0.15) is 0 Å². The van der Waals surface area contributed by atoms with Crippen molar-refractivity contribution in [2.24, 2.45) is 0 Å². The highest BCUT2D eigenvalue weighted by atomic mass is 16.5. The molecule has 0 atom stereocenters. The second-order valence-electron chi connectivity index (χ2n) is 5.74. The van der Waals surface area contributed by atoms with Crippen LogP contribution in [-0.2, 0) is 0 Å².